The van der Waals surface area contributed by atoms with E-state index in [2.05, 4.69) is 15.9 Å². The van der Waals surface area contributed by atoms with Gasteiger partial charge in [0.15, 0.2) is 0 Å². The van der Waals surface area contributed by atoms with Crippen molar-refractivity contribution >= 4 is 21.9 Å². The first kappa shape index (κ1) is 17.5. The van der Waals surface area contributed by atoms with E-state index in [9.17, 15) is 9.18 Å². The first-order valence-electron chi connectivity index (χ1n) is 7.44. The second-order valence-electron chi connectivity index (χ2n) is 4.94. The Balaban J connectivity index is 2.16. The monoisotopic (exact) mass is 380 g/mol. The van der Waals surface area contributed by atoms with Crippen LogP contribution in [0.1, 0.15) is 31.4 Å². The van der Waals surface area contributed by atoms with Crippen molar-refractivity contribution in [3.63, 3.8) is 0 Å². The molecule has 0 aliphatic rings. The molecular formula is C18H18BrFO3. The molecule has 0 fully saturated rings. The molecule has 0 atom stereocenters. The molecule has 0 saturated carbocycles. The van der Waals surface area contributed by atoms with E-state index in [0.29, 0.717) is 29.0 Å². The van der Waals surface area contributed by atoms with Gasteiger partial charge in [-0.05, 0) is 30.2 Å². The van der Waals surface area contributed by atoms with Gasteiger partial charge in [-0.2, -0.15) is 0 Å². The van der Waals surface area contributed by atoms with Gasteiger partial charge in [-0.25, -0.2) is 4.39 Å². The first-order chi connectivity index (χ1) is 11.0. The summed E-state index contributed by atoms with van der Waals surface area (Å²) in [7, 11) is 0. The lowest BCUT2D eigenvalue weighted by Gasteiger charge is -2.13. The van der Waals surface area contributed by atoms with Crippen LogP contribution in [0, 0.1) is 5.82 Å². The molecule has 0 amide bonds. The zero-order chi connectivity index (χ0) is 16.8. The molecule has 2 aromatic carbocycles. The van der Waals surface area contributed by atoms with E-state index in [1.165, 1.54) is 6.07 Å². The maximum absolute atomic E-state index is 13.8. The molecule has 0 heterocycles. The minimum Gasteiger partial charge on any atom is -0.489 e. The summed E-state index contributed by atoms with van der Waals surface area (Å²) in [5.41, 5.74) is 1.35. The number of carbonyl (C=O) groups is 1. The van der Waals surface area contributed by atoms with E-state index in [1.54, 1.807) is 31.2 Å². The van der Waals surface area contributed by atoms with Crippen molar-refractivity contribution < 1.29 is 18.7 Å². The molecule has 0 spiro atoms. The number of hydrogen-bond acceptors (Lipinski definition) is 3. The summed E-state index contributed by atoms with van der Waals surface area (Å²) in [6.07, 6.45) is 0.921. The summed E-state index contributed by atoms with van der Waals surface area (Å²) in [6, 6.07) is 10.1. The largest absolute Gasteiger partial charge is 0.489 e. The van der Waals surface area contributed by atoms with Gasteiger partial charge in [0.1, 0.15) is 23.9 Å². The molecule has 0 unspecified atom stereocenters. The Morgan fingerprint density at radius 2 is 2.00 bits per heavy atom. The van der Waals surface area contributed by atoms with Crippen LogP contribution in [0.2, 0.25) is 0 Å². The highest BCUT2D eigenvalue weighted by atomic mass is 79.9. The predicted molar refractivity (Wildman–Crippen MR) is 90.2 cm³/mol. The summed E-state index contributed by atoms with van der Waals surface area (Å²) in [4.78, 5) is 11.5. The Labute approximate surface area is 143 Å². The highest BCUT2D eigenvalue weighted by Crippen LogP contribution is 2.29. The molecular weight excluding hydrogens is 363 g/mol. The number of carbonyl (C=O) groups excluding carboxylic acids is 1. The van der Waals surface area contributed by atoms with Crippen LogP contribution in [0.15, 0.2) is 40.9 Å². The van der Waals surface area contributed by atoms with E-state index in [0.717, 1.165) is 4.47 Å². The SMILES string of the molecule is CCC(=O)Oc1cccc(Br)c1COc1ccc(CC)c(F)c1. The molecule has 23 heavy (non-hydrogen) atoms. The number of esters is 1. The Morgan fingerprint density at radius 1 is 1.22 bits per heavy atom. The molecule has 5 heteroatoms. The van der Waals surface area contributed by atoms with Crippen LogP contribution in [0.5, 0.6) is 11.5 Å². The highest BCUT2D eigenvalue weighted by Gasteiger charge is 2.12. The fourth-order valence-electron chi connectivity index (χ4n) is 2.03. The van der Waals surface area contributed by atoms with Crippen LogP contribution in [0.4, 0.5) is 4.39 Å². The maximum atomic E-state index is 13.8. The smallest absolute Gasteiger partial charge is 0.310 e. The van der Waals surface area contributed by atoms with Gasteiger partial charge in [0, 0.05) is 22.5 Å². The maximum Gasteiger partial charge on any atom is 0.310 e. The van der Waals surface area contributed by atoms with E-state index < -0.39 is 0 Å². The minimum absolute atomic E-state index is 0.165. The molecule has 3 nitrogen and oxygen atoms in total. The number of halogens is 2. The van der Waals surface area contributed by atoms with Gasteiger partial charge < -0.3 is 9.47 Å². The topological polar surface area (TPSA) is 35.5 Å². The summed E-state index contributed by atoms with van der Waals surface area (Å²) >= 11 is 3.42. The molecule has 122 valence electrons. The van der Waals surface area contributed by atoms with Crippen LogP contribution in [0.3, 0.4) is 0 Å². The summed E-state index contributed by atoms with van der Waals surface area (Å²) < 4.78 is 25.5. The lowest BCUT2D eigenvalue weighted by atomic mass is 10.1. The fraction of sp³-hybridized carbons (Fsp3) is 0.278. The van der Waals surface area contributed by atoms with Crippen LogP contribution in [-0.2, 0) is 17.8 Å². The Bertz CT molecular complexity index is 701. The first-order valence-corrected chi connectivity index (χ1v) is 8.23. The van der Waals surface area contributed by atoms with Crippen LogP contribution < -0.4 is 9.47 Å². The van der Waals surface area contributed by atoms with E-state index in [4.69, 9.17) is 9.47 Å². The number of hydrogen-bond donors (Lipinski definition) is 0. The summed E-state index contributed by atoms with van der Waals surface area (Å²) in [5.74, 6) is 0.276. The molecule has 0 saturated heterocycles. The van der Waals surface area contributed by atoms with Crippen molar-refractivity contribution in [2.24, 2.45) is 0 Å². The van der Waals surface area contributed by atoms with Crippen molar-refractivity contribution in [2.45, 2.75) is 33.3 Å². The average molecular weight is 381 g/mol. The molecule has 0 aliphatic heterocycles. The number of rotatable bonds is 6. The Morgan fingerprint density at radius 3 is 2.65 bits per heavy atom. The standard InChI is InChI=1S/C18H18BrFO3/c1-3-12-8-9-13(10-16(12)20)22-11-14-15(19)6-5-7-17(14)23-18(21)4-2/h5-10H,3-4,11H2,1-2H3. The van der Waals surface area contributed by atoms with Gasteiger partial charge in [0.05, 0.1) is 0 Å². The lowest BCUT2D eigenvalue weighted by Crippen LogP contribution is -2.09. The third-order valence-corrected chi connectivity index (χ3v) is 4.12. The second-order valence-corrected chi connectivity index (χ2v) is 5.79. The van der Waals surface area contributed by atoms with Crippen molar-refractivity contribution in [3.8, 4) is 11.5 Å². The van der Waals surface area contributed by atoms with E-state index >= 15 is 0 Å². The van der Waals surface area contributed by atoms with Gasteiger partial charge in [-0.15, -0.1) is 0 Å². The molecule has 2 rings (SSSR count). The number of aryl methyl sites for hydroxylation is 1. The quantitative estimate of drug-likeness (QED) is 0.519. The zero-order valence-corrected chi connectivity index (χ0v) is 14.7. The summed E-state index contributed by atoms with van der Waals surface area (Å²) in [6.45, 7) is 3.79. The third kappa shape index (κ3) is 4.55. The van der Waals surface area contributed by atoms with Gasteiger partial charge in [-0.3, -0.25) is 4.79 Å². The Hall–Kier alpha value is -1.88. The molecule has 0 N–H and O–H groups in total. The van der Waals surface area contributed by atoms with Gasteiger partial charge in [-0.1, -0.05) is 41.9 Å². The van der Waals surface area contributed by atoms with Crippen molar-refractivity contribution in [1.29, 1.82) is 0 Å². The molecule has 2 aromatic rings. The van der Waals surface area contributed by atoms with Crippen LogP contribution >= 0.6 is 15.9 Å². The number of ether oxygens (including phenoxy) is 2. The fourth-order valence-corrected chi connectivity index (χ4v) is 2.49. The minimum atomic E-state index is -0.317. The van der Waals surface area contributed by atoms with Crippen molar-refractivity contribution in [1.82, 2.24) is 0 Å². The number of benzene rings is 2. The second kappa shape index (κ2) is 8.11. The molecule has 0 aromatic heterocycles. The summed E-state index contributed by atoms with van der Waals surface area (Å²) in [5, 5.41) is 0. The highest BCUT2D eigenvalue weighted by molar-refractivity contribution is 9.10. The van der Waals surface area contributed by atoms with E-state index in [-0.39, 0.29) is 24.8 Å². The molecule has 0 bridgehead atoms. The van der Waals surface area contributed by atoms with Crippen LogP contribution in [0.25, 0.3) is 0 Å². The predicted octanol–water partition coefficient (Wildman–Crippen LogP) is 5.05. The van der Waals surface area contributed by atoms with Crippen LogP contribution in [-0.4, -0.2) is 5.97 Å². The third-order valence-electron chi connectivity index (χ3n) is 3.38. The van der Waals surface area contributed by atoms with Crippen molar-refractivity contribution in [3.05, 3.63) is 57.8 Å². The molecule has 0 aliphatic carbocycles. The molecule has 0 radical (unpaired) electrons. The van der Waals surface area contributed by atoms with Gasteiger partial charge in [0.2, 0.25) is 0 Å². The Kier molecular flexibility index (Phi) is 6.16. The zero-order valence-electron chi connectivity index (χ0n) is 13.1. The van der Waals surface area contributed by atoms with Crippen molar-refractivity contribution in [2.75, 3.05) is 0 Å². The lowest BCUT2D eigenvalue weighted by molar-refractivity contribution is -0.134. The van der Waals surface area contributed by atoms with Gasteiger partial charge in [0.25, 0.3) is 0 Å². The normalized spacial score (nSPS) is 10.4. The average Bonchev–Trinajstić information content (AvgIpc) is 2.54. The van der Waals surface area contributed by atoms with E-state index in [1.807, 2.05) is 13.0 Å². The van der Waals surface area contributed by atoms with Gasteiger partial charge >= 0.3 is 5.97 Å².